The molecule has 2 aromatic carbocycles. The molecule has 40 heavy (non-hydrogen) atoms. The second-order valence-corrected chi connectivity index (χ2v) is 9.79. The van der Waals surface area contributed by atoms with Gasteiger partial charge in [0.25, 0.3) is 18.2 Å². The number of benzene rings is 2. The van der Waals surface area contributed by atoms with E-state index in [0.29, 0.717) is 5.56 Å². The molecular weight excluding hydrogens is 591 g/mol. The summed E-state index contributed by atoms with van der Waals surface area (Å²) in [7, 11) is 1.52. The number of rotatable bonds is 10. The van der Waals surface area contributed by atoms with Crippen molar-refractivity contribution in [1.82, 2.24) is 20.2 Å². The zero-order valence-corrected chi connectivity index (χ0v) is 22.7. The minimum atomic E-state index is -4.70. The van der Waals surface area contributed by atoms with Crippen molar-refractivity contribution in [3.63, 3.8) is 0 Å². The number of hydrogen-bond donors (Lipinski definition) is 3. The number of ether oxygens (including phenoxy) is 1. The van der Waals surface area contributed by atoms with Crippen LogP contribution in [0, 0.1) is 0 Å². The van der Waals surface area contributed by atoms with Gasteiger partial charge in [-0.15, -0.1) is 0 Å². The van der Waals surface area contributed by atoms with Crippen molar-refractivity contribution in [2.45, 2.75) is 38.7 Å². The third-order valence-corrected chi connectivity index (χ3v) is 6.17. The molecule has 0 aliphatic heterocycles. The van der Waals surface area contributed by atoms with Gasteiger partial charge in [-0.05, 0) is 31.5 Å². The Balaban J connectivity index is 1.98. The fraction of sp³-hybridized carbons (Fsp3) is 0.375. The lowest BCUT2D eigenvalue weighted by Gasteiger charge is -2.16. The van der Waals surface area contributed by atoms with Gasteiger partial charge in [-0.25, -0.2) is 18.2 Å². The standard InChI is InChI=1S/C24H23Cl2F6N5O3/c1-23(2,29)21(39)33-8-11-4-5-13(25)19(18(11)26)36-22-35-14-6-12(20(38)34-10-24(30,31)32)16(40-9-17(27)28)7-15(14)37(22)3/h4-7,17H,8-10H2,1-3H3,(H,33,39)(H,34,38)(H,35,36). The summed E-state index contributed by atoms with van der Waals surface area (Å²) in [4.78, 5) is 28.7. The highest BCUT2D eigenvalue weighted by Crippen LogP contribution is 2.37. The summed E-state index contributed by atoms with van der Waals surface area (Å²) in [6.45, 7) is -0.688. The number of amides is 2. The van der Waals surface area contributed by atoms with E-state index < -0.39 is 48.8 Å². The molecular formula is C24H23Cl2F6N5O3. The molecule has 0 aliphatic carbocycles. The average molecular weight is 614 g/mol. The molecule has 3 N–H and O–H groups in total. The number of imidazole rings is 1. The Morgan fingerprint density at radius 3 is 2.38 bits per heavy atom. The Bertz CT molecular complexity index is 1420. The van der Waals surface area contributed by atoms with Crippen LogP contribution < -0.4 is 20.7 Å². The van der Waals surface area contributed by atoms with E-state index in [4.69, 9.17) is 27.9 Å². The van der Waals surface area contributed by atoms with E-state index in [0.717, 1.165) is 19.9 Å². The second-order valence-electron chi connectivity index (χ2n) is 9.01. The fourth-order valence-corrected chi connectivity index (χ4v) is 3.93. The first-order valence-electron chi connectivity index (χ1n) is 11.5. The van der Waals surface area contributed by atoms with Crippen molar-refractivity contribution in [3.8, 4) is 5.75 Å². The summed E-state index contributed by atoms with van der Waals surface area (Å²) in [5.41, 5.74) is -1.64. The predicted molar refractivity (Wildman–Crippen MR) is 137 cm³/mol. The molecule has 1 heterocycles. The molecule has 0 saturated heterocycles. The Kier molecular flexibility index (Phi) is 9.35. The quantitative estimate of drug-likeness (QED) is 0.247. The summed E-state index contributed by atoms with van der Waals surface area (Å²) in [5.74, 6) is -2.35. The minimum Gasteiger partial charge on any atom is -0.487 e. The van der Waals surface area contributed by atoms with Gasteiger partial charge in [0.1, 0.15) is 18.9 Å². The lowest BCUT2D eigenvalue weighted by molar-refractivity contribution is -0.131. The first-order chi connectivity index (χ1) is 18.5. The van der Waals surface area contributed by atoms with Gasteiger partial charge in [0.05, 0.1) is 32.3 Å². The molecule has 16 heteroatoms. The van der Waals surface area contributed by atoms with Crippen LogP contribution in [0.2, 0.25) is 10.0 Å². The van der Waals surface area contributed by atoms with E-state index in [-0.39, 0.29) is 45.0 Å². The van der Waals surface area contributed by atoms with E-state index in [1.54, 1.807) is 5.32 Å². The maximum Gasteiger partial charge on any atom is 0.405 e. The number of nitrogens with one attached hydrogen (secondary N) is 3. The molecule has 0 radical (unpaired) electrons. The molecule has 218 valence electrons. The van der Waals surface area contributed by atoms with E-state index >= 15 is 0 Å². The molecule has 0 saturated carbocycles. The maximum atomic E-state index is 13.8. The van der Waals surface area contributed by atoms with Crippen LogP contribution in [0.5, 0.6) is 5.75 Å². The number of fused-ring (bicyclic) bond motifs is 1. The van der Waals surface area contributed by atoms with Gasteiger partial charge in [-0.2, -0.15) is 13.2 Å². The molecule has 0 bridgehead atoms. The predicted octanol–water partition coefficient (Wildman–Crippen LogP) is 5.92. The van der Waals surface area contributed by atoms with Crippen LogP contribution in [0.25, 0.3) is 11.0 Å². The van der Waals surface area contributed by atoms with Crippen LogP contribution >= 0.6 is 23.2 Å². The summed E-state index contributed by atoms with van der Waals surface area (Å²) in [6.07, 6.45) is -7.62. The molecule has 0 fully saturated rings. The first-order valence-corrected chi connectivity index (χ1v) is 12.2. The SMILES string of the molecule is Cn1c(Nc2c(Cl)ccc(CNC(=O)C(C)(C)F)c2Cl)nc2cc(C(=O)NCC(F)(F)F)c(OCC(F)F)cc21. The van der Waals surface area contributed by atoms with Gasteiger partial charge in [-0.3, -0.25) is 9.59 Å². The highest BCUT2D eigenvalue weighted by Gasteiger charge is 2.29. The number of alkyl halides is 6. The number of hydrogen-bond acceptors (Lipinski definition) is 5. The summed E-state index contributed by atoms with van der Waals surface area (Å²) >= 11 is 12.8. The van der Waals surface area contributed by atoms with Crippen molar-refractivity contribution in [1.29, 1.82) is 0 Å². The van der Waals surface area contributed by atoms with Crippen LogP contribution in [0.4, 0.5) is 38.0 Å². The van der Waals surface area contributed by atoms with Gasteiger partial charge in [-0.1, -0.05) is 29.3 Å². The monoisotopic (exact) mass is 613 g/mol. The van der Waals surface area contributed by atoms with Crippen molar-refractivity contribution in [3.05, 3.63) is 45.4 Å². The van der Waals surface area contributed by atoms with Gasteiger partial charge >= 0.3 is 6.18 Å². The van der Waals surface area contributed by atoms with Crippen molar-refractivity contribution >= 4 is 57.7 Å². The topological polar surface area (TPSA) is 97.3 Å². The fourth-order valence-electron chi connectivity index (χ4n) is 3.40. The highest BCUT2D eigenvalue weighted by molar-refractivity contribution is 6.39. The Morgan fingerprint density at radius 2 is 1.77 bits per heavy atom. The lowest BCUT2D eigenvalue weighted by Crippen LogP contribution is -2.38. The largest absolute Gasteiger partial charge is 0.487 e. The summed E-state index contributed by atoms with van der Waals surface area (Å²) in [6, 6.07) is 5.28. The number of halogens is 8. The number of carbonyl (C=O) groups excluding carboxylic acids is 2. The van der Waals surface area contributed by atoms with Crippen molar-refractivity contribution in [2.24, 2.45) is 7.05 Å². The molecule has 1 aromatic heterocycles. The Labute approximate surface area is 234 Å². The number of carbonyl (C=O) groups is 2. The third-order valence-electron chi connectivity index (χ3n) is 5.43. The molecule has 0 atom stereocenters. The Morgan fingerprint density at radius 1 is 1.10 bits per heavy atom. The van der Waals surface area contributed by atoms with Gasteiger partial charge in [0.2, 0.25) is 5.95 Å². The number of aromatic nitrogens is 2. The zero-order valence-electron chi connectivity index (χ0n) is 21.2. The van der Waals surface area contributed by atoms with Gasteiger partial charge in [0.15, 0.2) is 5.67 Å². The molecule has 3 rings (SSSR count). The molecule has 8 nitrogen and oxygen atoms in total. The summed E-state index contributed by atoms with van der Waals surface area (Å²) in [5, 5.41) is 7.22. The van der Waals surface area contributed by atoms with E-state index in [1.165, 1.54) is 29.8 Å². The molecule has 0 unspecified atom stereocenters. The number of anilines is 2. The zero-order chi connectivity index (χ0) is 30.0. The van der Waals surface area contributed by atoms with Gasteiger partial charge in [0, 0.05) is 19.7 Å². The Hall–Kier alpha value is -3.39. The van der Waals surface area contributed by atoms with E-state index in [1.807, 2.05) is 0 Å². The second kappa shape index (κ2) is 12.0. The van der Waals surface area contributed by atoms with Crippen LogP contribution in [-0.2, 0) is 18.4 Å². The van der Waals surface area contributed by atoms with Crippen LogP contribution in [0.15, 0.2) is 24.3 Å². The smallest absolute Gasteiger partial charge is 0.405 e. The van der Waals surface area contributed by atoms with Crippen LogP contribution in [-0.4, -0.2) is 52.8 Å². The summed E-state index contributed by atoms with van der Waals surface area (Å²) < 4.78 is 83.7. The van der Waals surface area contributed by atoms with E-state index in [9.17, 15) is 35.9 Å². The van der Waals surface area contributed by atoms with Crippen molar-refractivity contribution < 1.29 is 40.7 Å². The minimum absolute atomic E-state index is 0.0738. The molecule has 0 aliphatic rings. The molecule has 0 spiro atoms. The van der Waals surface area contributed by atoms with Gasteiger partial charge < -0.3 is 25.3 Å². The third kappa shape index (κ3) is 7.62. The molecule has 2 amide bonds. The molecule has 3 aromatic rings. The highest BCUT2D eigenvalue weighted by atomic mass is 35.5. The van der Waals surface area contributed by atoms with E-state index in [2.05, 4.69) is 15.6 Å². The number of aryl methyl sites for hydroxylation is 1. The average Bonchev–Trinajstić information content (AvgIpc) is 3.15. The lowest BCUT2D eigenvalue weighted by atomic mass is 10.1. The first kappa shape index (κ1) is 31.1. The van der Waals surface area contributed by atoms with Crippen LogP contribution in [0.3, 0.4) is 0 Å². The number of nitrogens with zero attached hydrogens (tertiary/aromatic N) is 2. The van der Waals surface area contributed by atoms with Crippen LogP contribution in [0.1, 0.15) is 29.8 Å². The van der Waals surface area contributed by atoms with Crippen molar-refractivity contribution in [2.75, 3.05) is 18.5 Å². The maximum absolute atomic E-state index is 13.8. The normalized spacial score (nSPS) is 12.1.